The Bertz CT molecular complexity index is 1220. The standard InChI is InChI=1S/C21H18N4O3/c1-13-6-7-17-22-15(10-18(26)24(17)11-13)12-25-19(27)21(23-20(25)28)9-8-14-4-2-3-5-16(14)21/h2-7,10-11H,8-9,12H2,1H3,(H,23,28). The van der Waals surface area contributed by atoms with Crippen molar-refractivity contribution in [2.24, 2.45) is 0 Å². The van der Waals surface area contributed by atoms with Crippen LogP contribution < -0.4 is 10.9 Å². The van der Waals surface area contributed by atoms with Crippen LogP contribution in [-0.2, 0) is 23.3 Å². The molecule has 3 aromatic rings. The first-order chi connectivity index (χ1) is 13.5. The summed E-state index contributed by atoms with van der Waals surface area (Å²) in [6.45, 7) is 1.86. The molecule has 1 spiro atoms. The summed E-state index contributed by atoms with van der Waals surface area (Å²) < 4.78 is 1.46. The van der Waals surface area contributed by atoms with Crippen LogP contribution in [0, 0.1) is 6.92 Å². The maximum absolute atomic E-state index is 13.2. The molecular weight excluding hydrogens is 356 g/mol. The van der Waals surface area contributed by atoms with Crippen molar-refractivity contribution in [2.75, 3.05) is 0 Å². The van der Waals surface area contributed by atoms with Gasteiger partial charge in [0.05, 0.1) is 12.2 Å². The number of carbonyl (C=O) groups excluding carboxylic acids is 2. The molecule has 1 aliphatic carbocycles. The number of rotatable bonds is 2. The highest BCUT2D eigenvalue weighted by Gasteiger charge is 2.55. The average Bonchev–Trinajstić information content (AvgIpc) is 3.16. The van der Waals surface area contributed by atoms with Crippen molar-refractivity contribution in [3.8, 4) is 0 Å². The first-order valence-electron chi connectivity index (χ1n) is 9.19. The van der Waals surface area contributed by atoms with Crippen LogP contribution in [0.1, 0.15) is 28.8 Å². The van der Waals surface area contributed by atoms with Gasteiger partial charge in [-0.05, 0) is 42.5 Å². The van der Waals surface area contributed by atoms with Crippen LogP contribution in [-0.4, -0.2) is 26.2 Å². The molecule has 1 unspecified atom stereocenters. The molecule has 1 fully saturated rings. The van der Waals surface area contributed by atoms with Gasteiger partial charge < -0.3 is 5.32 Å². The monoisotopic (exact) mass is 374 g/mol. The van der Waals surface area contributed by atoms with E-state index in [0.717, 1.165) is 28.0 Å². The van der Waals surface area contributed by atoms with Crippen LogP contribution in [0.3, 0.4) is 0 Å². The predicted octanol–water partition coefficient (Wildman–Crippen LogP) is 1.90. The Labute approximate surface area is 160 Å². The lowest BCUT2D eigenvalue weighted by Crippen LogP contribution is -2.41. The van der Waals surface area contributed by atoms with Gasteiger partial charge in [-0.1, -0.05) is 30.3 Å². The van der Waals surface area contributed by atoms with Crippen molar-refractivity contribution < 1.29 is 9.59 Å². The third-order valence-corrected chi connectivity index (χ3v) is 5.60. The van der Waals surface area contributed by atoms with Gasteiger partial charge in [0, 0.05) is 12.3 Å². The summed E-state index contributed by atoms with van der Waals surface area (Å²) in [5, 5.41) is 2.89. The molecule has 140 valence electrons. The molecule has 1 saturated heterocycles. The number of nitrogens with zero attached hydrogens (tertiary/aromatic N) is 3. The molecule has 5 rings (SSSR count). The second-order valence-electron chi connectivity index (χ2n) is 7.40. The number of pyridine rings is 1. The highest BCUT2D eigenvalue weighted by molar-refractivity contribution is 6.08. The number of aryl methyl sites for hydroxylation is 2. The van der Waals surface area contributed by atoms with Gasteiger partial charge in [-0.15, -0.1) is 0 Å². The Hall–Kier alpha value is -3.48. The van der Waals surface area contributed by atoms with E-state index in [9.17, 15) is 14.4 Å². The smallest absolute Gasteiger partial charge is 0.319 e. The molecule has 7 heteroatoms. The van der Waals surface area contributed by atoms with Crippen molar-refractivity contribution in [3.05, 3.63) is 81.4 Å². The van der Waals surface area contributed by atoms with Crippen LogP contribution in [0.25, 0.3) is 5.65 Å². The maximum atomic E-state index is 13.2. The van der Waals surface area contributed by atoms with Crippen molar-refractivity contribution in [3.63, 3.8) is 0 Å². The van der Waals surface area contributed by atoms with Crippen molar-refractivity contribution in [1.82, 2.24) is 19.6 Å². The molecule has 2 aliphatic rings. The molecule has 3 heterocycles. The topological polar surface area (TPSA) is 83.8 Å². The van der Waals surface area contributed by atoms with Gasteiger partial charge in [-0.2, -0.15) is 0 Å². The highest BCUT2D eigenvalue weighted by atomic mass is 16.2. The van der Waals surface area contributed by atoms with E-state index in [1.54, 1.807) is 12.3 Å². The minimum atomic E-state index is -1.00. The van der Waals surface area contributed by atoms with Crippen molar-refractivity contribution >= 4 is 17.6 Å². The number of aromatic nitrogens is 2. The summed E-state index contributed by atoms with van der Waals surface area (Å²) >= 11 is 0. The van der Waals surface area contributed by atoms with Gasteiger partial charge in [0.25, 0.3) is 11.5 Å². The fraction of sp³-hybridized carbons (Fsp3) is 0.238. The number of hydrogen-bond acceptors (Lipinski definition) is 4. The molecule has 0 bridgehead atoms. The number of benzene rings is 1. The Morgan fingerprint density at radius 2 is 1.96 bits per heavy atom. The summed E-state index contributed by atoms with van der Waals surface area (Å²) in [4.78, 5) is 43.9. The first-order valence-corrected chi connectivity index (χ1v) is 9.19. The molecular formula is C21H18N4O3. The highest BCUT2D eigenvalue weighted by Crippen LogP contribution is 2.41. The maximum Gasteiger partial charge on any atom is 0.325 e. The van der Waals surface area contributed by atoms with Crippen LogP contribution in [0.4, 0.5) is 4.79 Å². The summed E-state index contributed by atoms with van der Waals surface area (Å²) in [5.41, 5.74) is 2.52. The van der Waals surface area contributed by atoms with Crippen molar-refractivity contribution in [2.45, 2.75) is 31.8 Å². The number of hydrogen-bond donors (Lipinski definition) is 1. The van der Waals surface area contributed by atoms with Crippen molar-refractivity contribution in [1.29, 1.82) is 0 Å². The molecule has 3 amide bonds. The Kier molecular flexibility index (Phi) is 3.43. The van der Waals surface area contributed by atoms with E-state index < -0.39 is 11.6 Å². The predicted molar refractivity (Wildman–Crippen MR) is 102 cm³/mol. The number of fused-ring (bicyclic) bond motifs is 3. The first kappa shape index (κ1) is 16.7. The minimum Gasteiger partial charge on any atom is -0.319 e. The zero-order chi connectivity index (χ0) is 19.5. The molecule has 1 aliphatic heterocycles. The zero-order valence-electron chi connectivity index (χ0n) is 15.3. The summed E-state index contributed by atoms with van der Waals surface area (Å²) in [6, 6.07) is 12.2. The number of imide groups is 1. The van der Waals surface area contributed by atoms with Gasteiger partial charge in [0.15, 0.2) is 0 Å². The van der Waals surface area contributed by atoms with E-state index in [1.807, 2.05) is 37.3 Å². The lowest BCUT2D eigenvalue weighted by atomic mass is 9.92. The largest absolute Gasteiger partial charge is 0.325 e. The van der Waals surface area contributed by atoms with Gasteiger partial charge in [-0.25, -0.2) is 9.78 Å². The van der Waals surface area contributed by atoms with E-state index in [0.29, 0.717) is 17.8 Å². The lowest BCUT2D eigenvalue weighted by molar-refractivity contribution is -0.132. The normalized spacial score (nSPS) is 20.8. The minimum absolute atomic E-state index is 0.0335. The van der Waals surface area contributed by atoms with Crippen LogP contribution in [0.15, 0.2) is 53.5 Å². The zero-order valence-corrected chi connectivity index (χ0v) is 15.3. The average molecular weight is 374 g/mol. The van der Waals surface area contributed by atoms with Crippen LogP contribution in [0.2, 0.25) is 0 Å². The molecule has 1 N–H and O–H groups in total. The number of urea groups is 1. The van der Waals surface area contributed by atoms with Gasteiger partial charge in [0.2, 0.25) is 0 Å². The fourth-order valence-electron chi connectivity index (χ4n) is 4.23. The molecule has 2 aromatic heterocycles. The second kappa shape index (κ2) is 5.76. The van der Waals surface area contributed by atoms with Gasteiger partial charge in [-0.3, -0.25) is 18.9 Å². The molecule has 1 aromatic carbocycles. The third-order valence-electron chi connectivity index (χ3n) is 5.60. The van der Waals surface area contributed by atoms with E-state index >= 15 is 0 Å². The van der Waals surface area contributed by atoms with Crippen LogP contribution in [0.5, 0.6) is 0 Å². The molecule has 7 nitrogen and oxygen atoms in total. The molecule has 1 atom stereocenters. The van der Waals surface area contributed by atoms with E-state index in [1.165, 1.54) is 10.5 Å². The number of amides is 3. The van der Waals surface area contributed by atoms with E-state index in [4.69, 9.17) is 0 Å². The van der Waals surface area contributed by atoms with E-state index in [-0.39, 0.29) is 18.0 Å². The van der Waals surface area contributed by atoms with Gasteiger partial charge in [0.1, 0.15) is 11.2 Å². The number of nitrogens with one attached hydrogen (secondary N) is 1. The van der Waals surface area contributed by atoms with E-state index in [2.05, 4.69) is 10.3 Å². The molecule has 0 saturated carbocycles. The Morgan fingerprint density at radius 1 is 1.14 bits per heavy atom. The molecule has 28 heavy (non-hydrogen) atoms. The quantitative estimate of drug-likeness (QED) is 0.695. The number of carbonyl (C=O) groups is 2. The second-order valence-corrected chi connectivity index (χ2v) is 7.40. The summed E-state index contributed by atoms with van der Waals surface area (Å²) in [5.74, 6) is -0.284. The lowest BCUT2D eigenvalue weighted by Gasteiger charge is -2.22. The SMILES string of the molecule is Cc1ccc2nc(CN3C(=O)NC4(CCc5ccccc54)C3=O)cc(=O)n2c1. The summed E-state index contributed by atoms with van der Waals surface area (Å²) in [7, 11) is 0. The fourth-order valence-corrected chi connectivity index (χ4v) is 4.23. The Balaban J connectivity index is 1.51. The van der Waals surface area contributed by atoms with Crippen LogP contribution >= 0.6 is 0 Å². The Morgan fingerprint density at radius 3 is 2.82 bits per heavy atom. The van der Waals surface area contributed by atoms with Gasteiger partial charge >= 0.3 is 6.03 Å². The molecule has 0 radical (unpaired) electrons. The third kappa shape index (κ3) is 2.29. The summed E-state index contributed by atoms with van der Waals surface area (Å²) in [6.07, 6.45) is 3.00.